The van der Waals surface area contributed by atoms with E-state index in [-0.39, 0.29) is 18.6 Å². The van der Waals surface area contributed by atoms with Gasteiger partial charge in [-0.3, -0.25) is 4.79 Å². The summed E-state index contributed by atoms with van der Waals surface area (Å²) < 4.78 is 9.90. The van der Waals surface area contributed by atoms with E-state index in [1.165, 1.54) is 7.11 Å². The Kier molecular flexibility index (Phi) is 5.60. The molecule has 0 radical (unpaired) electrons. The number of morpholine rings is 1. The molecule has 0 spiro atoms. The minimum atomic E-state index is -0.227. The zero-order valence-electron chi connectivity index (χ0n) is 9.41. The van der Waals surface area contributed by atoms with Gasteiger partial charge in [0.05, 0.1) is 26.9 Å². The third kappa shape index (κ3) is 5.11. The van der Waals surface area contributed by atoms with Crippen LogP contribution < -0.4 is 10.6 Å². The van der Waals surface area contributed by atoms with Gasteiger partial charge in [-0.25, -0.2) is 0 Å². The van der Waals surface area contributed by atoms with Crippen molar-refractivity contribution in [3.05, 3.63) is 0 Å². The van der Waals surface area contributed by atoms with Crippen molar-refractivity contribution in [1.82, 2.24) is 10.6 Å². The van der Waals surface area contributed by atoms with Gasteiger partial charge in [0.2, 0.25) is 0 Å². The van der Waals surface area contributed by atoms with Gasteiger partial charge in [0.25, 0.3) is 0 Å². The lowest BCUT2D eigenvalue weighted by molar-refractivity contribution is -0.139. The van der Waals surface area contributed by atoms with Gasteiger partial charge >= 0.3 is 5.97 Å². The molecule has 1 aliphatic rings. The van der Waals surface area contributed by atoms with Crippen molar-refractivity contribution in [2.24, 2.45) is 0 Å². The topological polar surface area (TPSA) is 59.6 Å². The Balaban J connectivity index is 2.11. The fourth-order valence-electron chi connectivity index (χ4n) is 1.61. The lowest BCUT2D eigenvalue weighted by Crippen LogP contribution is -2.45. The normalized spacial score (nSPS) is 23.5. The van der Waals surface area contributed by atoms with E-state index in [4.69, 9.17) is 4.74 Å². The van der Waals surface area contributed by atoms with Gasteiger partial charge < -0.3 is 20.1 Å². The number of ether oxygens (including phenoxy) is 2. The Bertz CT molecular complexity index is 193. The molecule has 5 heteroatoms. The fourth-order valence-corrected chi connectivity index (χ4v) is 1.61. The molecule has 0 bridgehead atoms. The summed E-state index contributed by atoms with van der Waals surface area (Å²) in [7, 11) is 1.39. The van der Waals surface area contributed by atoms with E-state index < -0.39 is 0 Å². The highest BCUT2D eigenvalue weighted by Gasteiger charge is 2.16. The fraction of sp³-hybridized carbons (Fsp3) is 0.900. The highest BCUT2D eigenvalue weighted by molar-refractivity contribution is 5.71. The predicted molar refractivity (Wildman–Crippen MR) is 56.7 cm³/mol. The summed E-state index contributed by atoms with van der Waals surface area (Å²) in [6.07, 6.45) is 0.955. The largest absolute Gasteiger partial charge is 0.468 e. The van der Waals surface area contributed by atoms with Crippen LogP contribution in [0, 0.1) is 0 Å². The van der Waals surface area contributed by atoms with Gasteiger partial charge in [0.15, 0.2) is 0 Å². The maximum atomic E-state index is 10.9. The van der Waals surface area contributed by atoms with Crippen LogP contribution in [-0.4, -0.2) is 51.5 Å². The quantitative estimate of drug-likeness (QED) is 0.608. The smallest absolute Gasteiger partial charge is 0.319 e. The zero-order valence-corrected chi connectivity index (χ0v) is 9.41. The molecule has 0 aliphatic carbocycles. The molecule has 0 aromatic carbocycles. The Morgan fingerprint density at radius 1 is 1.73 bits per heavy atom. The summed E-state index contributed by atoms with van der Waals surface area (Å²) in [5, 5.41) is 6.48. The van der Waals surface area contributed by atoms with Gasteiger partial charge in [0, 0.05) is 18.6 Å². The van der Waals surface area contributed by atoms with E-state index in [2.05, 4.69) is 22.3 Å². The first-order valence-corrected chi connectivity index (χ1v) is 5.33. The summed E-state index contributed by atoms with van der Waals surface area (Å²) in [5.74, 6) is -0.227. The molecule has 5 nitrogen and oxygen atoms in total. The van der Waals surface area contributed by atoms with Crippen LogP contribution in [0.5, 0.6) is 0 Å². The molecule has 1 fully saturated rings. The number of carbonyl (C=O) groups is 1. The lowest BCUT2D eigenvalue weighted by atomic mass is 10.1. The first-order valence-electron chi connectivity index (χ1n) is 5.33. The van der Waals surface area contributed by atoms with Crippen molar-refractivity contribution in [3.63, 3.8) is 0 Å². The summed E-state index contributed by atoms with van der Waals surface area (Å²) in [5.41, 5.74) is 0. The second kappa shape index (κ2) is 6.76. The number of carbonyl (C=O) groups excluding carboxylic acids is 1. The Morgan fingerprint density at radius 3 is 3.13 bits per heavy atom. The minimum Gasteiger partial charge on any atom is -0.468 e. The number of nitrogens with one attached hydrogen (secondary N) is 2. The van der Waals surface area contributed by atoms with E-state index in [0.717, 1.165) is 26.2 Å². The molecule has 0 aromatic heterocycles. The molecule has 2 unspecified atom stereocenters. The van der Waals surface area contributed by atoms with Crippen LogP contribution in [0.2, 0.25) is 0 Å². The Hall–Kier alpha value is -0.650. The number of rotatable bonds is 5. The summed E-state index contributed by atoms with van der Waals surface area (Å²) in [6.45, 7) is 4.78. The van der Waals surface area contributed by atoms with E-state index >= 15 is 0 Å². The average molecular weight is 216 g/mol. The monoisotopic (exact) mass is 216 g/mol. The van der Waals surface area contributed by atoms with E-state index in [0.29, 0.717) is 6.04 Å². The number of esters is 1. The van der Waals surface area contributed by atoms with Crippen LogP contribution in [-0.2, 0) is 14.3 Å². The number of methoxy groups -OCH3 is 1. The molecule has 88 valence electrons. The van der Waals surface area contributed by atoms with Crippen LogP contribution in [0.25, 0.3) is 0 Å². The lowest BCUT2D eigenvalue weighted by Gasteiger charge is -2.26. The van der Waals surface area contributed by atoms with Crippen molar-refractivity contribution in [2.45, 2.75) is 25.4 Å². The molecule has 1 saturated heterocycles. The third-order valence-corrected chi connectivity index (χ3v) is 2.46. The molecule has 2 N–H and O–H groups in total. The molecule has 1 aliphatic heterocycles. The standard InChI is InChI=1S/C10H20N2O3/c1-8(12-6-10(13)14-2)5-9-7-15-4-3-11-9/h8-9,11-12H,3-7H2,1-2H3. The summed E-state index contributed by atoms with van der Waals surface area (Å²) >= 11 is 0. The van der Waals surface area contributed by atoms with E-state index in [9.17, 15) is 4.79 Å². The van der Waals surface area contributed by atoms with Gasteiger partial charge in [-0.1, -0.05) is 0 Å². The molecule has 2 atom stereocenters. The first-order chi connectivity index (χ1) is 7.22. The molecule has 0 aromatic rings. The first kappa shape index (κ1) is 12.4. The molecule has 0 amide bonds. The maximum Gasteiger partial charge on any atom is 0.319 e. The minimum absolute atomic E-state index is 0.227. The zero-order chi connectivity index (χ0) is 11.1. The van der Waals surface area contributed by atoms with Crippen LogP contribution >= 0.6 is 0 Å². The van der Waals surface area contributed by atoms with Crippen LogP contribution in [0.4, 0.5) is 0 Å². The molecule has 15 heavy (non-hydrogen) atoms. The van der Waals surface area contributed by atoms with Crippen LogP contribution in [0.3, 0.4) is 0 Å². The second-order valence-corrected chi connectivity index (χ2v) is 3.82. The Labute approximate surface area is 90.5 Å². The molecule has 1 heterocycles. The van der Waals surface area contributed by atoms with E-state index in [1.807, 2.05) is 0 Å². The Morgan fingerprint density at radius 2 is 2.53 bits per heavy atom. The number of hydrogen-bond donors (Lipinski definition) is 2. The SMILES string of the molecule is COC(=O)CNC(C)CC1COCCN1. The van der Waals surface area contributed by atoms with Gasteiger partial charge in [-0.15, -0.1) is 0 Å². The third-order valence-electron chi connectivity index (χ3n) is 2.46. The van der Waals surface area contributed by atoms with Crippen molar-refractivity contribution in [1.29, 1.82) is 0 Å². The highest BCUT2D eigenvalue weighted by Crippen LogP contribution is 2.02. The van der Waals surface area contributed by atoms with Gasteiger partial charge in [-0.2, -0.15) is 0 Å². The van der Waals surface area contributed by atoms with E-state index in [1.54, 1.807) is 0 Å². The van der Waals surface area contributed by atoms with Crippen molar-refractivity contribution in [2.75, 3.05) is 33.4 Å². The second-order valence-electron chi connectivity index (χ2n) is 3.82. The summed E-state index contributed by atoms with van der Waals surface area (Å²) in [6, 6.07) is 0.669. The molecule has 1 rings (SSSR count). The molecular weight excluding hydrogens is 196 g/mol. The van der Waals surface area contributed by atoms with Crippen LogP contribution in [0.1, 0.15) is 13.3 Å². The van der Waals surface area contributed by atoms with Gasteiger partial charge in [0.1, 0.15) is 0 Å². The van der Waals surface area contributed by atoms with Crippen LogP contribution in [0.15, 0.2) is 0 Å². The van der Waals surface area contributed by atoms with Gasteiger partial charge in [-0.05, 0) is 13.3 Å². The van der Waals surface area contributed by atoms with Crippen molar-refractivity contribution in [3.8, 4) is 0 Å². The summed E-state index contributed by atoms with van der Waals surface area (Å²) in [4.78, 5) is 10.9. The predicted octanol–water partition coefficient (Wildman–Crippen LogP) is -0.484. The highest BCUT2D eigenvalue weighted by atomic mass is 16.5. The average Bonchev–Trinajstić information content (AvgIpc) is 2.27. The maximum absolute atomic E-state index is 10.9. The molecule has 0 saturated carbocycles. The number of hydrogen-bond acceptors (Lipinski definition) is 5. The molecular formula is C10H20N2O3. The van der Waals surface area contributed by atoms with Crippen molar-refractivity contribution < 1.29 is 14.3 Å². The van der Waals surface area contributed by atoms with Crippen molar-refractivity contribution >= 4 is 5.97 Å².